The first-order chi connectivity index (χ1) is 15.3. The zero-order valence-electron chi connectivity index (χ0n) is 17.1. The van der Waals surface area contributed by atoms with Gasteiger partial charge in [0, 0.05) is 23.6 Å². The van der Waals surface area contributed by atoms with E-state index in [-0.39, 0.29) is 24.5 Å². The van der Waals surface area contributed by atoms with Crippen molar-refractivity contribution in [1.82, 2.24) is 30.1 Å². The predicted octanol–water partition coefficient (Wildman–Crippen LogP) is 1.61. The minimum atomic E-state index is -0.322. The summed E-state index contributed by atoms with van der Waals surface area (Å²) in [4.78, 5) is 18.5. The normalized spacial score (nSPS) is 21.9. The fraction of sp³-hybridized carbons (Fsp3) is 0.524. The summed E-state index contributed by atoms with van der Waals surface area (Å²) in [6.45, 7) is 3.36. The van der Waals surface area contributed by atoms with Crippen LogP contribution in [0.3, 0.4) is 0 Å². The number of ether oxygens (including phenoxy) is 3. The van der Waals surface area contributed by atoms with Crippen LogP contribution >= 0.6 is 0 Å². The summed E-state index contributed by atoms with van der Waals surface area (Å²) >= 11 is 0. The molecule has 1 aromatic carbocycles. The Hall–Kier alpha value is -2.98. The molecule has 3 aliphatic heterocycles. The second kappa shape index (κ2) is 7.61. The molecule has 0 spiro atoms. The second-order valence-electron chi connectivity index (χ2n) is 8.35. The van der Waals surface area contributed by atoms with Gasteiger partial charge in [-0.15, -0.1) is 5.10 Å². The van der Waals surface area contributed by atoms with E-state index in [2.05, 4.69) is 25.4 Å². The van der Waals surface area contributed by atoms with Gasteiger partial charge in [0.05, 0.1) is 18.2 Å². The summed E-state index contributed by atoms with van der Waals surface area (Å²) in [5, 5.41) is 13.4. The van der Waals surface area contributed by atoms with Crippen LogP contribution < -0.4 is 15.0 Å². The molecule has 0 radical (unpaired) electrons. The SMILES string of the molecule is O=c1[nH]c2cc3c(cc2cc1[C@@H](c1nnnn1C[C@H]1CCCO1)N1CCCC1)OCO3. The van der Waals surface area contributed by atoms with Gasteiger partial charge in [0.15, 0.2) is 17.3 Å². The first-order valence-electron chi connectivity index (χ1n) is 10.8. The van der Waals surface area contributed by atoms with Gasteiger partial charge in [-0.25, -0.2) is 4.68 Å². The minimum absolute atomic E-state index is 0.108. The summed E-state index contributed by atoms with van der Waals surface area (Å²) in [5.74, 6) is 2.02. The van der Waals surface area contributed by atoms with E-state index in [0.717, 1.165) is 56.3 Å². The first-order valence-corrected chi connectivity index (χ1v) is 10.8. The van der Waals surface area contributed by atoms with Gasteiger partial charge in [-0.2, -0.15) is 0 Å². The molecule has 3 aromatic rings. The number of benzene rings is 1. The van der Waals surface area contributed by atoms with E-state index in [1.54, 1.807) is 0 Å². The Balaban J connectivity index is 1.45. The van der Waals surface area contributed by atoms with E-state index >= 15 is 0 Å². The third-order valence-electron chi connectivity index (χ3n) is 6.37. The molecule has 5 heterocycles. The quantitative estimate of drug-likeness (QED) is 0.658. The average Bonchev–Trinajstić information content (AvgIpc) is 3.57. The molecule has 3 aliphatic rings. The van der Waals surface area contributed by atoms with E-state index < -0.39 is 0 Å². The number of H-pyrrole nitrogens is 1. The number of hydrogen-bond donors (Lipinski definition) is 1. The van der Waals surface area contributed by atoms with Crippen LogP contribution in [0.1, 0.15) is 43.1 Å². The monoisotopic (exact) mass is 424 g/mol. The van der Waals surface area contributed by atoms with Crippen LogP contribution in [-0.2, 0) is 11.3 Å². The molecule has 31 heavy (non-hydrogen) atoms. The summed E-state index contributed by atoms with van der Waals surface area (Å²) in [6.07, 6.45) is 4.34. The predicted molar refractivity (Wildman–Crippen MR) is 110 cm³/mol. The number of likely N-dealkylation sites (tertiary alicyclic amines) is 1. The number of fused-ring (bicyclic) bond motifs is 2. The number of nitrogens with one attached hydrogen (secondary N) is 1. The maximum Gasteiger partial charge on any atom is 0.253 e. The van der Waals surface area contributed by atoms with Crippen molar-refractivity contribution in [2.24, 2.45) is 0 Å². The van der Waals surface area contributed by atoms with Gasteiger partial charge in [-0.1, -0.05) is 0 Å². The smallest absolute Gasteiger partial charge is 0.253 e. The highest BCUT2D eigenvalue weighted by Gasteiger charge is 2.33. The van der Waals surface area contributed by atoms with Crippen LogP contribution in [0.4, 0.5) is 0 Å². The van der Waals surface area contributed by atoms with Crippen LogP contribution in [-0.4, -0.2) is 62.7 Å². The number of tetrazole rings is 1. The first kappa shape index (κ1) is 18.8. The van der Waals surface area contributed by atoms with Crippen LogP contribution in [0.15, 0.2) is 23.0 Å². The van der Waals surface area contributed by atoms with Crippen molar-refractivity contribution in [3.05, 3.63) is 39.9 Å². The highest BCUT2D eigenvalue weighted by molar-refractivity contribution is 5.83. The Morgan fingerprint density at radius 3 is 2.77 bits per heavy atom. The van der Waals surface area contributed by atoms with Gasteiger partial charge < -0.3 is 19.2 Å². The van der Waals surface area contributed by atoms with E-state index in [4.69, 9.17) is 14.2 Å². The fourth-order valence-electron chi connectivity index (χ4n) is 4.83. The van der Waals surface area contributed by atoms with Crippen molar-refractivity contribution < 1.29 is 14.2 Å². The Morgan fingerprint density at radius 1 is 1.13 bits per heavy atom. The lowest BCUT2D eigenvalue weighted by Gasteiger charge is -2.27. The molecule has 2 fully saturated rings. The fourth-order valence-corrected chi connectivity index (χ4v) is 4.83. The van der Waals surface area contributed by atoms with Gasteiger partial charge in [-0.05, 0) is 61.3 Å². The number of hydrogen-bond acceptors (Lipinski definition) is 8. The number of pyridine rings is 1. The highest BCUT2D eigenvalue weighted by atomic mass is 16.7. The minimum Gasteiger partial charge on any atom is -0.454 e. The number of aromatic nitrogens is 5. The van der Waals surface area contributed by atoms with Crippen LogP contribution in [0.2, 0.25) is 0 Å². The average molecular weight is 424 g/mol. The Bertz CT molecular complexity index is 1160. The standard InChI is InChI=1S/C21H24N6O4/c28-21-15(8-13-9-17-18(31-12-30-17)10-16(13)22-21)19(26-5-1-2-6-26)20-23-24-25-27(20)11-14-4-3-7-29-14/h8-10,14,19H,1-7,11-12H2,(H,22,28)/t14-,19+/m1/s1. The largest absolute Gasteiger partial charge is 0.454 e. The maximum absolute atomic E-state index is 13.2. The molecule has 0 amide bonds. The second-order valence-corrected chi connectivity index (χ2v) is 8.35. The van der Waals surface area contributed by atoms with Gasteiger partial charge in [-0.3, -0.25) is 9.69 Å². The molecular weight excluding hydrogens is 400 g/mol. The van der Waals surface area contributed by atoms with Gasteiger partial charge in [0.25, 0.3) is 5.56 Å². The summed E-state index contributed by atoms with van der Waals surface area (Å²) in [6, 6.07) is 5.34. The van der Waals surface area contributed by atoms with Gasteiger partial charge in [0.1, 0.15) is 6.04 Å². The number of nitrogens with zero attached hydrogens (tertiary/aromatic N) is 5. The lowest BCUT2D eigenvalue weighted by atomic mass is 10.0. The number of rotatable bonds is 5. The van der Waals surface area contributed by atoms with Gasteiger partial charge >= 0.3 is 0 Å². The van der Waals surface area contributed by atoms with Crippen molar-refractivity contribution >= 4 is 10.9 Å². The van der Waals surface area contributed by atoms with Crippen molar-refractivity contribution in [3.8, 4) is 11.5 Å². The van der Waals surface area contributed by atoms with E-state index in [1.807, 2.05) is 22.9 Å². The van der Waals surface area contributed by atoms with Gasteiger partial charge in [0.2, 0.25) is 6.79 Å². The molecule has 10 nitrogen and oxygen atoms in total. The van der Waals surface area contributed by atoms with Crippen LogP contribution in [0.5, 0.6) is 11.5 Å². The zero-order chi connectivity index (χ0) is 20.8. The Kier molecular flexibility index (Phi) is 4.61. The molecule has 6 rings (SSSR count). The molecule has 2 aromatic heterocycles. The molecule has 2 atom stereocenters. The van der Waals surface area contributed by atoms with Crippen LogP contribution in [0, 0.1) is 0 Å². The molecule has 0 unspecified atom stereocenters. The summed E-state index contributed by atoms with van der Waals surface area (Å²) < 4.78 is 18.6. The molecule has 2 saturated heterocycles. The molecule has 1 N–H and O–H groups in total. The number of aromatic amines is 1. The summed E-state index contributed by atoms with van der Waals surface area (Å²) in [5.41, 5.74) is 1.21. The maximum atomic E-state index is 13.2. The third kappa shape index (κ3) is 3.35. The molecule has 0 bridgehead atoms. The van der Waals surface area contributed by atoms with Crippen molar-refractivity contribution in [1.29, 1.82) is 0 Å². The van der Waals surface area contributed by atoms with Crippen molar-refractivity contribution in [2.75, 3.05) is 26.5 Å². The Labute approximate surface area is 178 Å². The molecule has 10 heteroatoms. The van der Waals surface area contributed by atoms with Crippen molar-refractivity contribution in [3.63, 3.8) is 0 Å². The lowest BCUT2D eigenvalue weighted by molar-refractivity contribution is 0.0912. The highest BCUT2D eigenvalue weighted by Crippen LogP contribution is 2.36. The lowest BCUT2D eigenvalue weighted by Crippen LogP contribution is -2.34. The van der Waals surface area contributed by atoms with E-state index in [9.17, 15) is 4.79 Å². The molecule has 0 saturated carbocycles. The van der Waals surface area contributed by atoms with E-state index in [0.29, 0.717) is 29.4 Å². The van der Waals surface area contributed by atoms with E-state index in [1.165, 1.54) is 0 Å². The topological polar surface area (TPSA) is 107 Å². The Morgan fingerprint density at radius 2 is 1.97 bits per heavy atom. The molecule has 0 aliphatic carbocycles. The zero-order valence-corrected chi connectivity index (χ0v) is 17.1. The molecule has 162 valence electrons. The molecular formula is C21H24N6O4. The van der Waals surface area contributed by atoms with Crippen molar-refractivity contribution in [2.45, 2.75) is 44.4 Å². The summed E-state index contributed by atoms with van der Waals surface area (Å²) in [7, 11) is 0. The third-order valence-corrected chi connectivity index (χ3v) is 6.37. The van der Waals surface area contributed by atoms with Crippen LogP contribution in [0.25, 0.3) is 10.9 Å².